The maximum Gasteiger partial charge on any atom is 0.164 e. The number of carbonyl (C=O) groups is 1. The van der Waals surface area contributed by atoms with E-state index in [1.807, 2.05) is 33.9 Å². The summed E-state index contributed by atoms with van der Waals surface area (Å²) in [6, 6.07) is 1.93. The van der Waals surface area contributed by atoms with Crippen molar-refractivity contribution < 1.29 is 9.53 Å². The molecule has 0 unspecified atom stereocenters. The smallest absolute Gasteiger partial charge is 0.164 e. The van der Waals surface area contributed by atoms with Crippen LogP contribution in [0.4, 0.5) is 0 Å². The number of hydrogen-bond donors (Lipinski definition) is 1. The van der Waals surface area contributed by atoms with E-state index in [1.165, 1.54) is 0 Å². The molecule has 1 N–H and O–H groups in total. The molecule has 3 nitrogen and oxygen atoms in total. The lowest BCUT2D eigenvalue weighted by Gasteiger charge is -2.15. The fourth-order valence-corrected chi connectivity index (χ4v) is 2.04. The molecule has 0 heterocycles. The van der Waals surface area contributed by atoms with Gasteiger partial charge in [0, 0.05) is 18.5 Å². The van der Waals surface area contributed by atoms with Crippen LogP contribution < -0.4 is 10.1 Å². The van der Waals surface area contributed by atoms with Crippen molar-refractivity contribution in [2.24, 2.45) is 0 Å². The van der Waals surface area contributed by atoms with E-state index in [9.17, 15) is 4.79 Å². The maximum absolute atomic E-state index is 12.0. The molecular formula is C14H21NO2. The molecule has 0 aliphatic carbocycles. The summed E-state index contributed by atoms with van der Waals surface area (Å²) in [6.07, 6.45) is 0.530. The van der Waals surface area contributed by atoms with Crippen LogP contribution >= 0.6 is 0 Å². The normalized spacial score (nSPS) is 10.4. The average molecular weight is 235 g/mol. The second kappa shape index (κ2) is 5.82. The second-order valence-electron chi connectivity index (χ2n) is 4.30. The molecule has 0 amide bonds. The summed E-state index contributed by atoms with van der Waals surface area (Å²) in [7, 11) is 3.52. The molecule has 1 aromatic rings. The van der Waals surface area contributed by atoms with E-state index in [0.717, 1.165) is 28.0 Å². The number of rotatable bonds is 5. The van der Waals surface area contributed by atoms with Crippen LogP contribution in [0.3, 0.4) is 0 Å². The molecule has 1 aromatic carbocycles. The number of carbonyl (C=O) groups excluding carboxylic acids is 1. The zero-order valence-corrected chi connectivity index (χ0v) is 11.3. The first-order chi connectivity index (χ1) is 8.02. The van der Waals surface area contributed by atoms with Gasteiger partial charge in [-0.25, -0.2) is 0 Å². The van der Waals surface area contributed by atoms with E-state index >= 15 is 0 Å². The Bertz CT molecular complexity index is 425. The third-order valence-electron chi connectivity index (χ3n) is 3.13. The fraction of sp³-hybridized carbons (Fsp3) is 0.500. The van der Waals surface area contributed by atoms with Crippen molar-refractivity contribution >= 4 is 5.78 Å². The molecule has 0 aliphatic rings. The molecule has 0 radical (unpaired) electrons. The Hall–Kier alpha value is -1.35. The number of benzene rings is 1. The Morgan fingerprint density at radius 1 is 1.29 bits per heavy atom. The van der Waals surface area contributed by atoms with Gasteiger partial charge in [0.15, 0.2) is 5.78 Å². The lowest BCUT2D eigenvalue weighted by atomic mass is 9.95. The van der Waals surface area contributed by atoms with Gasteiger partial charge in [0.1, 0.15) is 5.75 Å². The van der Waals surface area contributed by atoms with Crippen LogP contribution in [0.5, 0.6) is 5.75 Å². The van der Waals surface area contributed by atoms with Gasteiger partial charge in [-0.15, -0.1) is 0 Å². The molecule has 0 saturated heterocycles. The molecule has 0 spiro atoms. The van der Waals surface area contributed by atoms with E-state index in [-0.39, 0.29) is 5.78 Å². The van der Waals surface area contributed by atoms with Gasteiger partial charge in [0.25, 0.3) is 0 Å². The molecule has 0 aromatic heterocycles. The number of nitrogens with one attached hydrogen (secondary N) is 1. The highest BCUT2D eigenvalue weighted by Crippen LogP contribution is 2.29. The number of hydrogen-bond acceptors (Lipinski definition) is 3. The second-order valence-corrected chi connectivity index (χ2v) is 4.30. The van der Waals surface area contributed by atoms with Gasteiger partial charge in [0.05, 0.1) is 7.11 Å². The first-order valence-corrected chi connectivity index (χ1v) is 5.85. The van der Waals surface area contributed by atoms with E-state index in [4.69, 9.17) is 4.74 Å². The highest BCUT2D eigenvalue weighted by atomic mass is 16.5. The Morgan fingerprint density at radius 3 is 2.47 bits per heavy atom. The lowest BCUT2D eigenvalue weighted by molar-refractivity contribution is 0.0982. The number of aryl methyl sites for hydroxylation is 1. The average Bonchev–Trinajstić information content (AvgIpc) is 2.31. The summed E-state index contributed by atoms with van der Waals surface area (Å²) < 4.78 is 5.35. The van der Waals surface area contributed by atoms with E-state index < -0.39 is 0 Å². The van der Waals surface area contributed by atoms with Crippen molar-refractivity contribution in [2.75, 3.05) is 20.7 Å². The first kappa shape index (κ1) is 13.7. The van der Waals surface area contributed by atoms with Crippen molar-refractivity contribution in [1.82, 2.24) is 5.32 Å². The van der Waals surface area contributed by atoms with Crippen molar-refractivity contribution in [3.63, 3.8) is 0 Å². The highest BCUT2D eigenvalue weighted by Gasteiger charge is 2.15. The Kier molecular flexibility index (Phi) is 4.70. The summed E-state index contributed by atoms with van der Waals surface area (Å²) in [6.45, 7) is 6.66. The molecular weight excluding hydrogens is 214 g/mol. The standard InChI is InChI=1S/C14H21NO2/c1-9-8-12(13(16)6-7-15-4)10(2)11(3)14(9)17-5/h8,15H,6-7H2,1-5H3. The number of methoxy groups -OCH3 is 1. The van der Waals surface area contributed by atoms with Gasteiger partial charge in [-0.1, -0.05) is 0 Å². The van der Waals surface area contributed by atoms with E-state index in [1.54, 1.807) is 7.11 Å². The molecule has 17 heavy (non-hydrogen) atoms. The molecule has 0 bridgehead atoms. The quantitative estimate of drug-likeness (QED) is 0.796. The number of Topliss-reactive ketones (excluding diaryl/α,β-unsaturated/α-hetero) is 1. The van der Waals surface area contributed by atoms with Gasteiger partial charge in [-0.05, 0) is 50.6 Å². The van der Waals surface area contributed by atoms with Crippen molar-refractivity contribution in [3.05, 3.63) is 28.3 Å². The first-order valence-electron chi connectivity index (χ1n) is 5.85. The molecule has 0 saturated carbocycles. The molecule has 3 heteroatoms. The van der Waals surface area contributed by atoms with Crippen LogP contribution in [0.2, 0.25) is 0 Å². The summed E-state index contributed by atoms with van der Waals surface area (Å²) in [4.78, 5) is 12.0. The summed E-state index contributed by atoms with van der Waals surface area (Å²) in [5.74, 6) is 1.07. The molecule has 0 atom stereocenters. The fourth-order valence-electron chi connectivity index (χ4n) is 2.04. The van der Waals surface area contributed by atoms with E-state index in [2.05, 4.69) is 5.32 Å². The third-order valence-corrected chi connectivity index (χ3v) is 3.13. The molecule has 0 fully saturated rings. The van der Waals surface area contributed by atoms with Crippen LogP contribution in [-0.2, 0) is 0 Å². The van der Waals surface area contributed by atoms with Crippen LogP contribution in [0.1, 0.15) is 33.5 Å². The highest BCUT2D eigenvalue weighted by molar-refractivity contribution is 5.98. The van der Waals surface area contributed by atoms with Crippen molar-refractivity contribution in [1.29, 1.82) is 0 Å². The minimum absolute atomic E-state index is 0.186. The van der Waals surface area contributed by atoms with Gasteiger partial charge in [-0.2, -0.15) is 0 Å². The molecule has 0 aliphatic heterocycles. The topological polar surface area (TPSA) is 38.3 Å². The summed E-state index contributed by atoms with van der Waals surface area (Å²) >= 11 is 0. The zero-order chi connectivity index (χ0) is 13.0. The van der Waals surface area contributed by atoms with Gasteiger partial charge in [-0.3, -0.25) is 4.79 Å². The predicted octanol–water partition coefficient (Wildman–Crippen LogP) is 2.41. The minimum atomic E-state index is 0.186. The monoisotopic (exact) mass is 235 g/mol. The van der Waals surface area contributed by atoms with Crippen LogP contribution in [0.15, 0.2) is 6.07 Å². The zero-order valence-electron chi connectivity index (χ0n) is 11.3. The number of ketones is 1. The van der Waals surface area contributed by atoms with Crippen LogP contribution in [0.25, 0.3) is 0 Å². The summed E-state index contributed by atoms with van der Waals surface area (Å²) in [5.41, 5.74) is 3.91. The summed E-state index contributed by atoms with van der Waals surface area (Å²) in [5, 5.41) is 2.99. The maximum atomic E-state index is 12.0. The SMILES string of the molecule is CNCCC(=O)c1cc(C)c(OC)c(C)c1C. The van der Waals surface area contributed by atoms with Crippen LogP contribution in [-0.4, -0.2) is 26.5 Å². The Morgan fingerprint density at radius 2 is 1.94 bits per heavy atom. The lowest BCUT2D eigenvalue weighted by Crippen LogP contribution is -2.14. The van der Waals surface area contributed by atoms with Gasteiger partial charge >= 0.3 is 0 Å². The minimum Gasteiger partial charge on any atom is -0.496 e. The van der Waals surface area contributed by atoms with Gasteiger partial charge in [0.2, 0.25) is 0 Å². The Balaban J connectivity index is 3.14. The number of ether oxygens (including phenoxy) is 1. The largest absolute Gasteiger partial charge is 0.496 e. The van der Waals surface area contributed by atoms with E-state index in [0.29, 0.717) is 13.0 Å². The Labute approximate surface area is 103 Å². The van der Waals surface area contributed by atoms with Crippen LogP contribution in [0, 0.1) is 20.8 Å². The van der Waals surface area contributed by atoms with Crippen molar-refractivity contribution in [2.45, 2.75) is 27.2 Å². The molecule has 94 valence electrons. The predicted molar refractivity (Wildman–Crippen MR) is 70.1 cm³/mol. The molecule has 1 rings (SSSR count). The van der Waals surface area contributed by atoms with Crippen molar-refractivity contribution in [3.8, 4) is 5.75 Å². The van der Waals surface area contributed by atoms with Gasteiger partial charge < -0.3 is 10.1 Å². The third kappa shape index (κ3) is 2.86.